The number of nitrogens with zero attached hydrogens (tertiary/aromatic N) is 3. The van der Waals surface area contributed by atoms with E-state index in [0.717, 1.165) is 17.5 Å². The van der Waals surface area contributed by atoms with Crippen molar-refractivity contribution >= 4 is 57.9 Å². The first-order chi connectivity index (χ1) is 16.3. The first-order valence-electron chi connectivity index (χ1n) is 10.8. The topological polar surface area (TPSA) is 126 Å². The van der Waals surface area contributed by atoms with Crippen molar-refractivity contribution in [1.82, 2.24) is 9.97 Å². The number of carbonyl (C=O) groups is 1. The second-order valence-corrected chi connectivity index (χ2v) is 10.6. The van der Waals surface area contributed by atoms with Crippen molar-refractivity contribution in [3.05, 3.63) is 41.2 Å². The minimum atomic E-state index is -2.95. The van der Waals surface area contributed by atoms with E-state index in [9.17, 15) is 14.1 Å². The number of thiophene rings is 1. The van der Waals surface area contributed by atoms with Crippen LogP contribution in [-0.4, -0.2) is 58.7 Å². The SMILES string of the molecule is Bc1cc(Nc2ncc(-c3ccsc3)c(N[C@H](CC)CO)n2)ccc1S(C)(=O)=NC(=O)OCC. The highest BCUT2D eigenvalue weighted by Gasteiger charge is 2.16. The molecule has 1 aromatic carbocycles. The summed E-state index contributed by atoms with van der Waals surface area (Å²) in [4.78, 5) is 21.3. The van der Waals surface area contributed by atoms with Gasteiger partial charge < -0.3 is 20.5 Å². The molecule has 0 bridgehead atoms. The smallest absolute Gasteiger partial charge is 0.442 e. The van der Waals surface area contributed by atoms with Crippen molar-refractivity contribution in [1.29, 1.82) is 0 Å². The van der Waals surface area contributed by atoms with Crippen LogP contribution in [0.25, 0.3) is 11.1 Å². The lowest BCUT2D eigenvalue weighted by molar-refractivity contribution is 0.164. The maximum Gasteiger partial charge on any atom is 0.442 e. The van der Waals surface area contributed by atoms with Gasteiger partial charge in [0.1, 0.15) is 13.7 Å². The highest BCUT2D eigenvalue weighted by atomic mass is 32.2. The van der Waals surface area contributed by atoms with Crippen LogP contribution in [0.4, 0.5) is 22.2 Å². The molecule has 3 rings (SSSR count). The Morgan fingerprint density at radius 1 is 1.35 bits per heavy atom. The van der Waals surface area contributed by atoms with Crippen LogP contribution in [0, 0.1) is 0 Å². The normalized spacial score (nSPS) is 13.5. The Bertz CT molecular complexity index is 1260. The zero-order chi connectivity index (χ0) is 24.7. The van der Waals surface area contributed by atoms with E-state index < -0.39 is 15.8 Å². The number of hydrogen-bond acceptors (Lipinski definition) is 9. The van der Waals surface area contributed by atoms with Crippen LogP contribution in [-0.2, 0) is 14.5 Å². The number of amides is 1. The second kappa shape index (κ2) is 11.5. The van der Waals surface area contributed by atoms with Gasteiger partial charge in [0.05, 0.1) is 29.0 Å². The van der Waals surface area contributed by atoms with E-state index >= 15 is 0 Å². The van der Waals surface area contributed by atoms with Crippen molar-refractivity contribution in [3.8, 4) is 11.1 Å². The number of carbonyl (C=O) groups excluding carboxylic acids is 1. The van der Waals surface area contributed by atoms with Gasteiger partial charge in [-0.3, -0.25) is 0 Å². The average Bonchev–Trinajstić information content (AvgIpc) is 3.32. The quantitative estimate of drug-likeness (QED) is 0.382. The minimum Gasteiger partial charge on any atom is -0.448 e. The number of ether oxygens (including phenoxy) is 1. The maximum absolute atomic E-state index is 13.0. The molecular formula is C22H28BN5O4S2. The van der Waals surface area contributed by atoms with Crippen LogP contribution < -0.4 is 16.1 Å². The van der Waals surface area contributed by atoms with Crippen molar-refractivity contribution < 1.29 is 18.8 Å². The van der Waals surface area contributed by atoms with Crippen molar-refractivity contribution in [2.45, 2.75) is 31.2 Å². The molecule has 0 fully saturated rings. The summed E-state index contributed by atoms with van der Waals surface area (Å²) in [5.74, 6) is 0.991. The third-order valence-electron chi connectivity index (χ3n) is 5.03. The highest BCUT2D eigenvalue weighted by molar-refractivity contribution is 7.93. The van der Waals surface area contributed by atoms with Crippen molar-refractivity contribution in [2.75, 3.05) is 30.1 Å². The van der Waals surface area contributed by atoms with E-state index in [-0.39, 0.29) is 19.3 Å². The summed E-state index contributed by atoms with van der Waals surface area (Å²) in [5.41, 5.74) is 3.23. The Labute approximate surface area is 204 Å². The summed E-state index contributed by atoms with van der Waals surface area (Å²) < 4.78 is 21.5. The van der Waals surface area contributed by atoms with Gasteiger partial charge in [-0.1, -0.05) is 12.4 Å². The van der Waals surface area contributed by atoms with Gasteiger partial charge in [0.2, 0.25) is 5.95 Å². The predicted octanol–water partition coefficient (Wildman–Crippen LogP) is 3.00. The average molecular weight is 501 g/mol. The van der Waals surface area contributed by atoms with E-state index in [4.69, 9.17) is 4.74 Å². The third-order valence-corrected chi connectivity index (χ3v) is 7.49. The molecule has 0 spiro atoms. The fourth-order valence-electron chi connectivity index (χ4n) is 3.27. The van der Waals surface area contributed by atoms with E-state index in [1.165, 1.54) is 6.26 Å². The zero-order valence-corrected chi connectivity index (χ0v) is 21.2. The molecule has 9 nitrogen and oxygen atoms in total. The summed E-state index contributed by atoms with van der Waals surface area (Å²) in [6, 6.07) is 7.05. The molecule has 1 unspecified atom stereocenters. The largest absolute Gasteiger partial charge is 0.448 e. The van der Waals surface area contributed by atoms with Gasteiger partial charge >= 0.3 is 6.09 Å². The molecule has 2 aromatic heterocycles. The Morgan fingerprint density at radius 3 is 2.76 bits per heavy atom. The number of aliphatic hydroxyl groups is 1. The lowest BCUT2D eigenvalue weighted by Crippen LogP contribution is -2.24. The molecule has 0 aliphatic rings. The first kappa shape index (κ1) is 25.7. The maximum atomic E-state index is 13.0. The Hall–Kier alpha value is -2.96. The van der Waals surface area contributed by atoms with Gasteiger partial charge in [0, 0.05) is 28.6 Å². The molecule has 1 amide bonds. The summed E-state index contributed by atoms with van der Waals surface area (Å²) in [7, 11) is -1.15. The molecule has 0 saturated heterocycles. The number of aromatic nitrogens is 2. The van der Waals surface area contributed by atoms with Crippen LogP contribution in [0.5, 0.6) is 0 Å². The molecule has 0 aliphatic heterocycles. The summed E-state index contributed by atoms with van der Waals surface area (Å²) in [5, 5.41) is 20.1. The molecule has 0 radical (unpaired) electrons. The number of rotatable bonds is 9. The number of benzene rings is 1. The fraction of sp³-hybridized carbons (Fsp3) is 0.318. The minimum absolute atomic E-state index is 0.0137. The first-order valence-corrected chi connectivity index (χ1v) is 13.7. The Morgan fingerprint density at radius 2 is 2.15 bits per heavy atom. The third kappa shape index (κ3) is 6.34. The van der Waals surface area contributed by atoms with Crippen molar-refractivity contribution in [2.24, 2.45) is 4.36 Å². The van der Waals surface area contributed by atoms with Gasteiger partial charge in [0.25, 0.3) is 0 Å². The lowest BCUT2D eigenvalue weighted by Gasteiger charge is -2.18. The van der Waals surface area contributed by atoms with Gasteiger partial charge in [-0.05, 0) is 53.9 Å². The van der Waals surface area contributed by atoms with Crippen LogP contribution >= 0.6 is 11.3 Å². The number of hydrogen-bond donors (Lipinski definition) is 3. The van der Waals surface area contributed by atoms with E-state index in [1.807, 2.05) is 23.8 Å². The standard InChI is InChI=1S/C22H28BN5O4S2/c1-4-15(12-29)25-20-17(14-8-9-33-13-14)11-24-21(27-20)26-16-6-7-19(18(23)10-16)34(3,31)28-22(30)32-5-2/h6-11,13,15,29H,4-5,12,23H2,1-3H3,(H2,24,25,26,27)/t15-,34?/m1/s1. The van der Waals surface area contributed by atoms with E-state index in [2.05, 4.69) is 25.0 Å². The molecule has 2 atom stereocenters. The molecule has 34 heavy (non-hydrogen) atoms. The second-order valence-electron chi connectivity index (χ2n) is 7.60. The molecule has 0 saturated carbocycles. The predicted molar refractivity (Wildman–Crippen MR) is 140 cm³/mol. The van der Waals surface area contributed by atoms with Crippen LogP contribution in [0.15, 0.2) is 50.5 Å². The van der Waals surface area contributed by atoms with Crippen molar-refractivity contribution in [3.63, 3.8) is 0 Å². The molecule has 2 heterocycles. The molecule has 12 heteroatoms. The van der Waals surface area contributed by atoms with Gasteiger partial charge in [-0.15, -0.1) is 4.36 Å². The number of anilines is 3. The summed E-state index contributed by atoms with van der Waals surface area (Å²) in [6.07, 6.45) is 3.04. The summed E-state index contributed by atoms with van der Waals surface area (Å²) in [6.45, 7) is 3.81. The van der Waals surface area contributed by atoms with E-state index in [0.29, 0.717) is 27.8 Å². The molecule has 3 aromatic rings. The number of nitrogens with one attached hydrogen (secondary N) is 2. The monoisotopic (exact) mass is 501 g/mol. The van der Waals surface area contributed by atoms with Gasteiger partial charge in [0.15, 0.2) is 0 Å². The molecule has 3 N–H and O–H groups in total. The van der Waals surface area contributed by atoms with Gasteiger partial charge in [-0.25, -0.2) is 14.0 Å². The van der Waals surface area contributed by atoms with Crippen LogP contribution in [0.2, 0.25) is 0 Å². The Balaban J connectivity index is 1.90. The molecule has 180 valence electrons. The van der Waals surface area contributed by atoms with Gasteiger partial charge in [-0.2, -0.15) is 16.3 Å². The Kier molecular flexibility index (Phi) is 8.64. The van der Waals surface area contributed by atoms with E-state index in [1.54, 1.807) is 50.5 Å². The lowest BCUT2D eigenvalue weighted by atomic mass is 9.96. The number of aliphatic hydroxyl groups excluding tert-OH is 1. The molecule has 0 aliphatic carbocycles. The molecular weight excluding hydrogens is 473 g/mol. The summed E-state index contributed by atoms with van der Waals surface area (Å²) >= 11 is 1.58. The highest BCUT2D eigenvalue weighted by Crippen LogP contribution is 2.30. The fourth-order valence-corrected chi connectivity index (χ4v) is 5.34. The zero-order valence-electron chi connectivity index (χ0n) is 19.6. The van der Waals surface area contributed by atoms with Crippen LogP contribution in [0.1, 0.15) is 20.3 Å². The van der Waals surface area contributed by atoms with Crippen LogP contribution in [0.3, 0.4) is 0 Å².